The van der Waals surface area contributed by atoms with Gasteiger partial charge in [0.2, 0.25) is 0 Å². The first-order chi connectivity index (χ1) is 8.91. The van der Waals surface area contributed by atoms with Crippen molar-refractivity contribution in [3.8, 4) is 11.5 Å². The predicted octanol–water partition coefficient (Wildman–Crippen LogP) is 3.31. The maximum Gasteiger partial charge on any atom is 0.401 e. The van der Waals surface area contributed by atoms with Gasteiger partial charge in [0.1, 0.15) is 0 Å². The molecular formula is C13H18F3NO2. The van der Waals surface area contributed by atoms with Gasteiger partial charge < -0.3 is 14.8 Å². The van der Waals surface area contributed by atoms with Gasteiger partial charge >= 0.3 is 6.18 Å². The third-order valence-electron chi connectivity index (χ3n) is 2.77. The van der Waals surface area contributed by atoms with Gasteiger partial charge in [-0.15, -0.1) is 0 Å². The number of nitrogens with one attached hydrogen (secondary N) is 1. The lowest BCUT2D eigenvalue weighted by Crippen LogP contribution is -2.31. The molecule has 0 saturated heterocycles. The van der Waals surface area contributed by atoms with Crippen LogP contribution in [0.5, 0.6) is 11.5 Å². The molecule has 0 bridgehead atoms. The van der Waals surface area contributed by atoms with E-state index in [1.54, 1.807) is 18.2 Å². The van der Waals surface area contributed by atoms with E-state index in [1.165, 1.54) is 14.2 Å². The van der Waals surface area contributed by atoms with E-state index >= 15 is 0 Å². The molecule has 0 spiro atoms. The van der Waals surface area contributed by atoms with E-state index in [4.69, 9.17) is 9.47 Å². The first-order valence-corrected chi connectivity index (χ1v) is 5.93. The van der Waals surface area contributed by atoms with Gasteiger partial charge in [-0.25, -0.2) is 0 Å². The molecule has 0 fully saturated rings. The molecule has 1 aromatic carbocycles. The van der Waals surface area contributed by atoms with Gasteiger partial charge in [-0.05, 0) is 24.1 Å². The summed E-state index contributed by atoms with van der Waals surface area (Å²) in [7, 11) is 3.00. The Kier molecular flexibility index (Phi) is 5.47. The van der Waals surface area contributed by atoms with Gasteiger partial charge in [-0.1, -0.05) is 13.0 Å². The van der Waals surface area contributed by atoms with Crippen LogP contribution in [0.2, 0.25) is 0 Å². The van der Waals surface area contributed by atoms with Crippen LogP contribution in [0.15, 0.2) is 18.2 Å². The van der Waals surface area contributed by atoms with E-state index < -0.39 is 12.7 Å². The van der Waals surface area contributed by atoms with Crippen LogP contribution in [-0.4, -0.2) is 26.9 Å². The lowest BCUT2D eigenvalue weighted by atomic mass is 10.0. The number of benzene rings is 1. The third kappa shape index (κ3) is 4.63. The van der Waals surface area contributed by atoms with Crippen LogP contribution in [-0.2, 0) is 0 Å². The minimum absolute atomic E-state index is 0.374. The Bertz CT molecular complexity index is 407. The zero-order valence-electron chi connectivity index (χ0n) is 11.2. The van der Waals surface area contributed by atoms with Crippen molar-refractivity contribution in [1.29, 1.82) is 0 Å². The number of rotatable bonds is 6. The largest absolute Gasteiger partial charge is 0.493 e. The second kappa shape index (κ2) is 6.65. The summed E-state index contributed by atoms with van der Waals surface area (Å²) < 4.78 is 46.9. The molecule has 1 atom stereocenters. The van der Waals surface area contributed by atoms with Crippen molar-refractivity contribution < 1.29 is 22.6 Å². The van der Waals surface area contributed by atoms with Crippen LogP contribution in [0.4, 0.5) is 13.2 Å². The fourth-order valence-electron chi connectivity index (χ4n) is 1.81. The number of methoxy groups -OCH3 is 2. The molecule has 19 heavy (non-hydrogen) atoms. The molecule has 108 valence electrons. The van der Waals surface area contributed by atoms with E-state index in [0.717, 1.165) is 5.56 Å². The third-order valence-corrected chi connectivity index (χ3v) is 2.77. The zero-order valence-corrected chi connectivity index (χ0v) is 11.2. The summed E-state index contributed by atoms with van der Waals surface area (Å²) in [6, 6.07) is 4.74. The standard InChI is InChI=1S/C13H18F3NO2/c1-4-10(17-8-13(14,15)16)9-5-6-11(18-2)12(7-9)19-3/h5-7,10,17H,4,8H2,1-3H3. The number of halogens is 3. The van der Waals surface area contributed by atoms with Gasteiger partial charge in [0.05, 0.1) is 20.8 Å². The second-order valence-electron chi connectivity index (χ2n) is 4.07. The van der Waals surface area contributed by atoms with Crippen LogP contribution in [0.3, 0.4) is 0 Å². The van der Waals surface area contributed by atoms with E-state index in [-0.39, 0.29) is 6.04 Å². The molecule has 0 radical (unpaired) electrons. The van der Waals surface area contributed by atoms with Crippen molar-refractivity contribution in [2.45, 2.75) is 25.6 Å². The van der Waals surface area contributed by atoms with Crippen molar-refractivity contribution in [3.63, 3.8) is 0 Å². The Hall–Kier alpha value is -1.43. The van der Waals surface area contributed by atoms with Crippen LogP contribution >= 0.6 is 0 Å². The number of ether oxygens (including phenoxy) is 2. The summed E-state index contributed by atoms with van der Waals surface area (Å²) in [5.74, 6) is 1.06. The normalized spacial score (nSPS) is 13.2. The number of alkyl halides is 3. The highest BCUT2D eigenvalue weighted by molar-refractivity contribution is 5.43. The average molecular weight is 277 g/mol. The highest BCUT2D eigenvalue weighted by atomic mass is 19.4. The molecule has 1 rings (SSSR count). The zero-order chi connectivity index (χ0) is 14.5. The highest BCUT2D eigenvalue weighted by Gasteiger charge is 2.28. The summed E-state index contributed by atoms with van der Waals surface area (Å²) >= 11 is 0. The summed E-state index contributed by atoms with van der Waals surface area (Å²) in [6.07, 6.45) is -3.67. The molecular weight excluding hydrogens is 259 g/mol. The summed E-state index contributed by atoms with van der Waals surface area (Å²) in [5, 5.41) is 2.49. The molecule has 0 saturated carbocycles. The summed E-state index contributed by atoms with van der Waals surface area (Å²) in [5.41, 5.74) is 0.740. The average Bonchev–Trinajstić information content (AvgIpc) is 2.37. The first kappa shape index (κ1) is 15.6. The quantitative estimate of drug-likeness (QED) is 0.865. The molecule has 1 N–H and O–H groups in total. The molecule has 0 heterocycles. The van der Waals surface area contributed by atoms with E-state index in [1.807, 2.05) is 6.92 Å². The number of hydrogen-bond acceptors (Lipinski definition) is 3. The maximum atomic E-state index is 12.2. The van der Waals surface area contributed by atoms with Gasteiger partial charge in [-0.2, -0.15) is 13.2 Å². The van der Waals surface area contributed by atoms with Crippen molar-refractivity contribution in [2.75, 3.05) is 20.8 Å². The highest BCUT2D eigenvalue weighted by Crippen LogP contribution is 2.31. The fourth-order valence-corrected chi connectivity index (χ4v) is 1.81. The Morgan fingerprint density at radius 3 is 2.26 bits per heavy atom. The fraction of sp³-hybridized carbons (Fsp3) is 0.538. The van der Waals surface area contributed by atoms with Gasteiger partial charge in [-0.3, -0.25) is 0 Å². The molecule has 3 nitrogen and oxygen atoms in total. The van der Waals surface area contributed by atoms with Crippen molar-refractivity contribution in [2.24, 2.45) is 0 Å². The van der Waals surface area contributed by atoms with Crippen molar-refractivity contribution in [1.82, 2.24) is 5.32 Å². The molecule has 1 aromatic rings. The lowest BCUT2D eigenvalue weighted by Gasteiger charge is -2.20. The minimum atomic E-state index is -4.22. The molecule has 0 aliphatic heterocycles. The summed E-state index contributed by atoms with van der Waals surface area (Å²) in [6.45, 7) is 0.810. The molecule has 6 heteroatoms. The van der Waals surface area contributed by atoms with Gasteiger partial charge in [0.15, 0.2) is 11.5 Å². The maximum absolute atomic E-state index is 12.2. The lowest BCUT2D eigenvalue weighted by molar-refractivity contribution is -0.126. The Balaban J connectivity index is 2.86. The van der Waals surface area contributed by atoms with E-state index in [9.17, 15) is 13.2 Å². The Morgan fingerprint density at radius 2 is 1.79 bits per heavy atom. The van der Waals surface area contributed by atoms with Crippen LogP contribution < -0.4 is 14.8 Å². The van der Waals surface area contributed by atoms with Crippen LogP contribution in [0.1, 0.15) is 24.9 Å². The van der Waals surface area contributed by atoms with Crippen LogP contribution in [0.25, 0.3) is 0 Å². The monoisotopic (exact) mass is 277 g/mol. The van der Waals surface area contributed by atoms with E-state index in [2.05, 4.69) is 5.32 Å². The molecule has 0 aliphatic carbocycles. The molecule has 0 aliphatic rings. The Labute approximate surface area is 110 Å². The smallest absolute Gasteiger partial charge is 0.401 e. The first-order valence-electron chi connectivity index (χ1n) is 5.93. The van der Waals surface area contributed by atoms with Gasteiger partial charge in [0.25, 0.3) is 0 Å². The van der Waals surface area contributed by atoms with Crippen molar-refractivity contribution in [3.05, 3.63) is 23.8 Å². The molecule has 0 amide bonds. The molecule has 1 unspecified atom stereocenters. The van der Waals surface area contributed by atoms with Crippen molar-refractivity contribution >= 4 is 0 Å². The van der Waals surface area contributed by atoms with Crippen LogP contribution in [0, 0.1) is 0 Å². The van der Waals surface area contributed by atoms with E-state index in [0.29, 0.717) is 17.9 Å². The summed E-state index contributed by atoms with van der Waals surface area (Å²) in [4.78, 5) is 0. The SMILES string of the molecule is CCC(NCC(F)(F)F)c1ccc(OC)c(OC)c1. The molecule has 0 aromatic heterocycles. The number of hydrogen-bond donors (Lipinski definition) is 1. The Morgan fingerprint density at radius 1 is 1.16 bits per heavy atom. The second-order valence-corrected chi connectivity index (χ2v) is 4.07. The van der Waals surface area contributed by atoms with Gasteiger partial charge in [0, 0.05) is 6.04 Å². The topological polar surface area (TPSA) is 30.5 Å². The predicted molar refractivity (Wildman–Crippen MR) is 66.6 cm³/mol. The minimum Gasteiger partial charge on any atom is -0.493 e.